The number of hydrogen-bond donors (Lipinski definition) is 0. The average molecular weight is 184 g/mol. The van der Waals surface area contributed by atoms with Gasteiger partial charge in [0.1, 0.15) is 0 Å². The van der Waals surface area contributed by atoms with E-state index in [1.165, 1.54) is 19.3 Å². The van der Waals surface area contributed by atoms with Crippen molar-refractivity contribution in [1.29, 1.82) is 0 Å². The molecule has 2 heteroatoms. The minimum absolute atomic E-state index is 0.510. The summed E-state index contributed by atoms with van der Waals surface area (Å²) in [6.45, 7) is 6.80. The highest BCUT2D eigenvalue weighted by atomic mass is 28.4. The molecule has 0 N–H and O–H groups in total. The van der Waals surface area contributed by atoms with Crippen molar-refractivity contribution < 1.29 is 4.43 Å². The maximum absolute atomic E-state index is 6.05. The molecular weight excluding hydrogens is 164 g/mol. The summed E-state index contributed by atoms with van der Waals surface area (Å²) in [6, 6.07) is 0. The number of allylic oxidation sites excluding steroid dienone is 1. The van der Waals surface area contributed by atoms with Gasteiger partial charge in [0.05, 0.1) is 0 Å². The fourth-order valence-electron chi connectivity index (χ4n) is 1.55. The van der Waals surface area contributed by atoms with Crippen molar-refractivity contribution in [3.8, 4) is 0 Å². The third-order valence-electron chi connectivity index (χ3n) is 1.98. The van der Waals surface area contributed by atoms with E-state index in [9.17, 15) is 0 Å². The molecular formula is C10H20OSi. The van der Waals surface area contributed by atoms with Crippen molar-refractivity contribution >= 4 is 8.32 Å². The zero-order valence-electron chi connectivity index (χ0n) is 8.47. The molecule has 0 aliphatic heterocycles. The van der Waals surface area contributed by atoms with Gasteiger partial charge in [-0.05, 0) is 45.3 Å². The molecule has 12 heavy (non-hydrogen) atoms. The van der Waals surface area contributed by atoms with E-state index in [4.69, 9.17) is 4.43 Å². The Morgan fingerprint density at radius 1 is 1.25 bits per heavy atom. The van der Waals surface area contributed by atoms with E-state index in [1.807, 2.05) is 0 Å². The van der Waals surface area contributed by atoms with Crippen LogP contribution in [0.4, 0.5) is 0 Å². The van der Waals surface area contributed by atoms with E-state index in [-0.39, 0.29) is 0 Å². The summed E-state index contributed by atoms with van der Waals surface area (Å²) in [4.78, 5) is 0. The van der Waals surface area contributed by atoms with Crippen molar-refractivity contribution in [2.24, 2.45) is 0 Å². The minimum atomic E-state index is -1.30. The summed E-state index contributed by atoms with van der Waals surface area (Å²) in [5, 5.41) is 0. The number of rotatable bonds is 2. The summed E-state index contributed by atoms with van der Waals surface area (Å²) < 4.78 is 6.05. The van der Waals surface area contributed by atoms with Gasteiger partial charge in [-0.3, -0.25) is 0 Å². The van der Waals surface area contributed by atoms with Gasteiger partial charge < -0.3 is 4.43 Å². The Morgan fingerprint density at radius 3 is 2.67 bits per heavy atom. The van der Waals surface area contributed by atoms with Crippen molar-refractivity contribution in [2.45, 2.75) is 51.4 Å². The largest absolute Gasteiger partial charge is 0.414 e. The Labute approximate surface area is 76.9 Å². The molecule has 0 radical (unpaired) electrons. The molecule has 0 aromatic rings. The second kappa shape index (κ2) is 4.24. The fourth-order valence-corrected chi connectivity index (χ4v) is 2.77. The van der Waals surface area contributed by atoms with Crippen LogP contribution in [0.25, 0.3) is 0 Å². The van der Waals surface area contributed by atoms with Crippen LogP contribution in [-0.4, -0.2) is 14.4 Å². The summed E-state index contributed by atoms with van der Waals surface area (Å²) >= 11 is 0. The molecule has 1 aliphatic carbocycles. The molecule has 0 saturated heterocycles. The Hall–Kier alpha value is -0.0831. The van der Waals surface area contributed by atoms with Crippen LogP contribution in [0.3, 0.4) is 0 Å². The van der Waals surface area contributed by atoms with Gasteiger partial charge in [-0.1, -0.05) is 12.2 Å². The van der Waals surface area contributed by atoms with Gasteiger partial charge >= 0.3 is 0 Å². The van der Waals surface area contributed by atoms with Crippen molar-refractivity contribution in [3.05, 3.63) is 12.2 Å². The summed E-state index contributed by atoms with van der Waals surface area (Å²) in [6.07, 6.45) is 9.99. The highest BCUT2D eigenvalue weighted by Gasteiger charge is 2.20. The molecule has 1 nitrogen and oxygen atoms in total. The highest BCUT2D eigenvalue weighted by molar-refractivity contribution is 6.69. The first kappa shape index (κ1) is 10.0. The Kier molecular flexibility index (Phi) is 3.53. The number of hydrogen-bond acceptors (Lipinski definition) is 1. The highest BCUT2D eigenvalue weighted by Crippen LogP contribution is 2.18. The fraction of sp³-hybridized carbons (Fsp3) is 0.800. The molecule has 1 aliphatic rings. The van der Waals surface area contributed by atoms with E-state index in [1.54, 1.807) is 0 Å². The third-order valence-corrected chi connectivity index (χ3v) is 3.02. The normalized spacial score (nSPS) is 25.4. The second-order valence-corrected chi connectivity index (χ2v) is 8.95. The lowest BCUT2D eigenvalue weighted by Gasteiger charge is -2.24. The van der Waals surface area contributed by atoms with Crippen LogP contribution in [0.2, 0.25) is 19.6 Å². The molecule has 0 amide bonds. The topological polar surface area (TPSA) is 9.23 Å². The maximum Gasteiger partial charge on any atom is 0.184 e. The van der Waals surface area contributed by atoms with Crippen LogP contribution < -0.4 is 0 Å². The molecule has 0 fully saturated rings. The first-order valence-corrected chi connectivity index (χ1v) is 8.31. The van der Waals surface area contributed by atoms with Gasteiger partial charge in [0.25, 0.3) is 0 Å². The third kappa shape index (κ3) is 4.07. The van der Waals surface area contributed by atoms with Gasteiger partial charge in [0.2, 0.25) is 0 Å². The van der Waals surface area contributed by atoms with Crippen molar-refractivity contribution in [2.75, 3.05) is 0 Å². The van der Waals surface area contributed by atoms with E-state index >= 15 is 0 Å². The zero-order valence-corrected chi connectivity index (χ0v) is 9.47. The van der Waals surface area contributed by atoms with Crippen LogP contribution in [0, 0.1) is 0 Å². The van der Waals surface area contributed by atoms with Gasteiger partial charge in [-0.15, -0.1) is 0 Å². The zero-order chi connectivity index (χ0) is 9.03. The van der Waals surface area contributed by atoms with E-state index in [0.717, 1.165) is 6.42 Å². The minimum Gasteiger partial charge on any atom is -0.414 e. The van der Waals surface area contributed by atoms with Crippen LogP contribution in [-0.2, 0) is 4.43 Å². The van der Waals surface area contributed by atoms with Gasteiger partial charge in [0, 0.05) is 6.10 Å². The molecule has 1 unspecified atom stereocenters. The Bertz CT molecular complexity index is 158. The summed E-state index contributed by atoms with van der Waals surface area (Å²) in [5.74, 6) is 0. The van der Waals surface area contributed by atoms with Gasteiger partial charge in [-0.2, -0.15) is 0 Å². The first-order valence-electron chi connectivity index (χ1n) is 4.91. The van der Waals surface area contributed by atoms with Crippen LogP contribution >= 0.6 is 0 Å². The molecule has 70 valence electrons. The molecule has 0 aromatic heterocycles. The SMILES string of the molecule is C[Si](C)(C)OC1CC=CCCC1. The molecule has 0 spiro atoms. The van der Waals surface area contributed by atoms with E-state index in [2.05, 4.69) is 31.8 Å². The predicted molar refractivity (Wildman–Crippen MR) is 55.8 cm³/mol. The molecule has 1 rings (SSSR count). The lowest BCUT2D eigenvalue weighted by atomic mass is 10.2. The molecule has 0 saturated carbocycles. The smallest absolute Gasteiger partial charge is 0.184 e. The molecule has 0 bridgehead atoms. The van der Waals surface area contributed by atoms with Crippen molar-refractivity contribution in [3.63, 3.8) is 0 Å². The standard InChI is InChI=1S/C10H20OSi/c1-12(2,3)11-10-8-6-4-5-7-9-10/h4,6,10H,5,7-9H2,1-3H3. The monoisotopic (exact) mass is 184 g/mol. The van der Waals surface area contributed by atoms with E-state index in [0.29, 0.717) is 6.10 Å². The van der Waals surface area contributed by atoms with Crippen molar-refractivity contribution in [1.82, 2.24) is 0 Å². The average Bonchev–Trinajstić information content (AvgIpc) is 2.12. The quantitative estimate of drug-likeness (QED) is 0.472. The van der Waals surface area contributed by atoms with Gasteiger partial charge in [-0.25, -0.2) is 0 Å². The van der Waals surface area contributed by atoms with Gasteiger partial charge in [0.15, 0.2) is 8.32 Å². The lowest BCUT2D eigenvalue weighted by Crippen LogP contribution is -2.31. The van der Waals surface area contributed by atoms with Crippen LogP contribution in [0.5, 0.6) is 0 Å². The van der Waals surface area contributed by atoms with E-state index < -0.39 is 8.32 Å². The maximum atomic E-state index is 6.05. The predicted octanol–water partition coefficient (Wildman–Crippen LogP) is 3.34. The lowest BCUT2D eigenvalue weighted by molar-refractivity contribution is 0.186. The molecule has 0 heterocycles. The first-order chi connectivity index (χ1) is 5.58. The Balaban J connectivity index is 2.36. The summed E-state index contributed by atoms with van der Waals surface area (Å²) in [7, 11) is -1.30. The molecule has 1 atom stereocenters. The second-order valence-electron chi connectivity index (χ2n) is 4.49. The van der Waals surface area contributed by atoms with Crippen LogP contribution in [0.1, 0.15) is 25.7 Å². The van der Waals surface area contributed by atoms with Crippen LogP contribution in [0.15, 0.2) is 12.2 Å². The molecule has 0 aromatic carbocycles. The Morgan fingerprint density at radius 2 is 2.00 bits per heavy atom. The summed E-state index contributed by atoms with van der Waals surface area (Å²) in [5.41, 5.74) is 0.